The number of ketones is 1. The van der Waals surface area contributed by atoms with Crippen LogP contribution in [0, 0.1) is 5.92 Å². The number of hydrogen-bond donors (Lipinski definition) is 1. The molecule has 0 fully saturated rings. The molecule has 0 aliphatic carbocycles. The van der Waals surface area contributed by atoms with Crippen molar-refractivity contribution < 1.29 is 47.7 Å². The Morgan fingerprint density at radius 1 is 0.809 bits per heavy atom. The summed E-state index contributed by atoms with van der Waals surface area (Å²) in [6, 6.07) is -0.961. The van der Waals surface area contributed by atoms with E-state index in [1.54, 1.807) is 20.8 Å². The van der Waals surface area contributed by atoms with E-state index in [1.165, 1.54) is 64.3 Å². The molecule has 0 heterocycles. The van der Waals surface area contributed by atoms with Gasteiger partial charge in [-0.15, -0.1) is 0 Å². The molecule has 0 aromatic carbocycles. The van der Waals surface area contributed by atoms with Crippen molar-refractivity contribution in [2.75, 3.05) is 31.8 Å². The topological polar surface area (TPSA) is 144 Å². The van der Waals surface area contributed by atoms with E-state index < -0.39 is 53.3 Å². The maximum Gasteiger partial charge on any atom is 0.408 e. The number of thioether (sulfide) groups is 1. The van der Waals surface area contributed by atoms with E-state index in [2.05, 4.69) is 12.2 Å². The molecule has 0 unspecified atom stereocenters. The van der Waals surface area contributed by atoms with Crippen LogP contribution >= 0.6 is 11.8 Å². The van der Waals surface area contributed by atoms with Gasteiger partial charge in [0.1, 0.15) is 18.3 Å². The highest BCUT2D eigenvalue weighted by Gasteiger charge is 2.31. The van der Waals surface area contributed by atoms with Crippen LogP contribution in [0.5, 0.6) is 0 Å². The van der Waals surface area contributed by atoms with Crippen LogP contribution in [0.1, 0.15) is 132 Å². The van der Waals surface area contributed by atoms with Crippen LogP contribution < -0.4 is 5.32 Å². The van der Waals surface area contributed by atoms with Gasteiger partial charge in [-0.2, -0.15) is 11.8 Å². The molecule has 0 aromatic rings. The number of hydrogen-bond acceptors (Lipinski definition) is 11. The van der Waals surface area contributed by atoms with Gasteiger partial charge in [0.25, 0.3) is 0 Å². The van der Waals surface area contributed by atoms with E-state index in [0.29, 0.717) is 12.2 Å². The van der Waals surface area contributed by atoms with Crippen LogP contribution in [-0.4, -0.2) is 85.0 Å². The van der Waals surface area contributed by atoms with Gasteiger partial charge in [-0.3, -0.25) is 19.2 Å². The van der Waals surface area contributed by atoms with Gasteiger partial charge < -0.3 is 29.0 Å². The number of carbonyl (C=O) groups excluding carboxylic acids is 5. The zero-order chi connectivity index (χ0) is 35.9. The fourth-order valence-electron chi connectivity index (χ4n) is 4.56. The first kappa shape index (κ1) is 44.7. The average Bonchev–Trinajstić information content (AvgIpc) is 2.95. The van der Waals surface area contributed by atoms with Crippen LogP contribution in [-0.2, 0) is 42.9 Å². The second-order valence-corrected chi connectivity index (χ2v) is 15.0. The fourth-order valence-corrected chi connectivity index (χ4v) is 5.43. The van der Waals surface area contributed by atoms with Crippen LogP contribution in [0.15, 0.2) is 0 Å². The maximum atomic E-state index is 13.3. The minimum Gasteiger partial charge on any atom is -0.469 e. The number of ether oxygens (including phenoxy) is 5. The first-order chi connectivity index (χ1) is 22.0. The minimum atomic E-state index is -0.961. The lowest BCUT2D eigenvalue weighted by molar-refractivity contribution is -0.154. The number of rotatable bonds is 25. The Morgan fingerprint density at radius 2 is 1.40 bits per heavy atom. The predicted molar refractivity (Wildman–Crippen MR) is 184 cm³/mol. The Morgan fingerprint density at radius 3 is 1.94 bits per heavy atom. The summed E-state index contributed by atoms with van der Waals surface area (Å²) in [4.78, 5) is 62.3. The number of nitrogens with one attached hydrogen (secondary N) is 1. The zero-order valence-corrected chi connectivity index (χ0v) is 31.4. The van der Waals surface area contributed by atoms with Crippen molar-refractivity contribution in [2.45, 2.75) is 156 Å². The first-order valence-electron chi connectivity index (χ1n) is 17.1. The van der Waals surface area contributed by atoms with Crippen molar-refractivity contribution >= 4 is 41.5 Å². The van der Waals surface area contributed by atoms with Crippen molar-refractivity contribution in [3.8, 4) is 0 Å². The monoisotopic (exact) mass is 689 g/mol. The lowest BCUT2D eigenvalue weighted by Gasteiger charge is -2.25. The van der Waals surface area contributed by atoms with Crippen LogP contribution in [0.2, 0.25) is 0 Å². The summed E-state index contributed by atoms with van der Waals surface area (Å²) in [6.45, 7) is 14.3. The van der Waals surface area contributed by atoms with Crippen molar-refractivity contribution in [1.82, 2.24) is 5.32 Å². The number of Topliss-reactive ketones (excluding diaryl/α,β-unsaturated/α-hetero) is 1. The van der Waals surface area contributed by atoms with Crippen molar-refractivity contribution in [2.24, 2.45) is 5.92 Å². The summed E-state index contributed by atoms with van der Waals surface area (Å²) in [7, 11) is 1.25. The van der Waals surface area contributed by atoms with Gasteiger partial charge in [-0.1, -0.05) is 58.3 Å². The van der Waals surface area contributed by atoms with E-state index in [-0.39, 0.29) is 37.6 Å². The quantitative estimate of drug-likeness (QED) is 0.0603. The molecule has 12 heteroatoms. The maximum absolute atomic E-state index is 13.3. The van der Waals surface area contributed by atoms with Gasteiger partial charge in [0.15, 0.2) is 5.78 Å². The lowest BCUT2D eigenvalue weighted by Crippen LogP contribution is -2.46. The average molecular weight is 690 g/mol. The third-order valence-corrected chi connectivity index (χ3v) is 7.94. The lowest BCUT2D eigenvalue weighted by atomic mass is 9.99. The summed E-state index contributed by atoms with van der Waals surface area (Å²) in [5, 5.41) is 2.61. The van der Waals surface area contributed by atoms with Gasteiger partial charge in [-0.25, -0.2) is 4.79 Å². The highest BCUT2D eigenvalue weighted by atomic mass is 32.2. The van der Waals surface area contributed by atoms with Gasteiger partial charge in [0.2, 0.25) is 0 Å². The molecule has 0 radical (unpaired) electrons. The number of alkyl carbamates (subject to hydrolysis) is 1. The second-order valence-electron chi connectivity index (χ2n) is 13.9. The van der Waals surface area contributed by atoms with Crippen molar-refractivity contribution in [3.63, 3.8) is 0 Å². The Balaban J connectivity index is 4.94. The summed E-state index contributed by atoms with van der Waals surface area (Å²) in [6.07, 6.45) is 9.65. The molecular weight excluding hydrogens is 626 g/mol. The second kappa shape index (κ2) is 24.7. The molecule has 0 aliphatic rings. The molecule has 0 aliphatic heterocycles. The summed E-state index contributed by atoms with van der Waals surface area (Å²) in [5.74, 6) is -2.18. The van der Waals surface area contributed by atoms with Gasteiger partial charge in [0.05, 0.1) is 37.7 Å². The molecule has 0 saturated heterocycles. The van der Waals surface area contributed by atoms with Crippen molar-refractivity contribution in [1.29, 1.82) is 0 Å². The highest BCUT2D eigenvalue weighted by molar-refractivity contribution is 7.99. The van der Waals surface area contributed by atoms with Crippen molar-refractivity contribution in [3.05, 3.63) is 0 Å². The normalized spacial score (nSPS) is 13.6. The molecule has 0 spiro atoms. The zero-order valence-electron chi connectivity index (χ0n) is 30.5. The Kier molecular flexibility index (Phi) is 23.5. The molecule has 0 bridgehead atoms. The Bertz CT molecular complexity index is 928. The van der Waals surface area contributed by atoms with Gasteiger partial charge in [0, 0.05) is 24.9 Å². The fraction of sp³-hybridized carbons (Fsp3) is 0.857. The van der Waals surface area contributed by atoms with E-state index >= 15 is 0 Å². The summed E-state index contributed by atoms with van der Waals surface area (Å²) in [5.41, 5.74) is -1.30. The first-order valence-corrected chi connectivity index (χ1v) is 18.3. The number of carbonyl (C=O) groups is 5. The summed E-state index contributed by atoms with van der Waals surface area (Å²) < 4.78 is 26.7. The minimum absolute atomic E-state index is 0.0162. The number of esters is 3. The Hall–Kier alpha value is -2.34. The van der Waals surface area contributed by atoms with E-state index in [0.717, 1.165) is 19.3 Å². The number of unbranched alkanes of at least 4 members (excludes halogenated alkanes) is 8. The largest absolute Gasteiger partial charge is 0.469 e. The van der Waals surface area contributed by atoms with Gasteiger partial charge in [-0.05, 0) is 54.4 Å². The van der Waals surface area contributed by atoms with Crippen LogP contribution in [0.4, 0.5) is 4.79 Å². The third kappa shape index (κ3) is 26.3. The van der Waals surface area contributed by atoms with E-state index in [4.69, 9.17) is 23.7 Å². The molecule has 1 N–H and O–H groups in total. The van der Waals surface area contributed by atoms with Crippen LogP contribution in [0.25, 0.3) is 0 Å². The smallest absolute Gasteiger partial charge is 0.408 e. The number of amides is 1. The standard InChI is InChI=1S/C35H63NO10S/c1-10-11-12-13-14-15-16-17-18-19-28(45-26(2)37)23-31(39)43-20-21-47-25-29(36-33(41)46-35(6,7)8)30(38)22-27(32(40)42-9)24-44-34(3,4)5/h27-29H,10-25H2,1-9H3,(H,36,41)/t27-,28+,29-/m0/s1. The molecule has 274 valence electrons. The molecule has 3 atom stereocenters. The molecule has 0 saturated carbocycles. The highest BCUT2D eigenvalue weighted by Crippen LogP contribution is 2.18. The molecule has 0 rings (SSSR count). The summed E-state index contributed by atoms with van der Waals surface area (Å²) >= 11 is 1.31. The molecule has 47 heavy (non-hydrogen) atoms. The SMILES string of the molecule is CCCCCCCCCCC[C@H](CC(=O)OCCSC[C@H](NC(=O)OC(C)(C)C)C(=O)C[C@@H](COC(C)(C)C)C(=O)OC)OC(C)=O. The molecule has 11 nitrogen and oxygen atoms in total. The predicted octanol–water partition coefficient (Wildman–Crippen LogP) is 6.96. The molecule has 1 amide bonds. The van der Waals surface area contributed by atoms with Gasteiger partial charge >= 0.3 is 24.0 Å². The van der Waals surface area contributed by atoms with Crippen LogP contribution in [0.3, 0.4) is 0 Å². The third-order valence-electron chi connectivity index (χ3n) is 6.91. The number of methoxy groups -OCH3 is 1. The Labute approximate surface area is 287 Å². The van der Waals surface area contributed by atoms with E-state index in [1.807, 2.05) is 20.8 Å². The molecule has 0 aromatic heterocycles. The molecular formula is C35H63NO10S. The van der Waals surface area contributed by atoms with E-state index in [9.17, 15) is 24.0 Å².